The maximum Gasteiger partial charge on any atom is 0.184 e. The lowest BCUT2D eigenvalue weighted by atomic mass is 9.98. The molecule has 65 valence electrons. The first kappa shape index (κ1) is 9.27. The van der Waals surface area contributed by atoms with Crippen LogP contribution in [0.1, 0.15) is 32.1 Å². The van der Waals surface area contributed by atoms with Gasteiger partial charge < -0.3 is 4.43 Å². The molecule has 0 bridgehead atoms. The fourth-order valence-corrected chi connectivity index (χ4v) is 2.55. The van der Waals surface area contributed by atoms with Gasteiger partial charge in [-0.1, -0.05) is 19.3 Å². The molecule has 0 unspecified atom stereocenters. The second kappa shape index (κ2) is 3.72. The summed E-state index contributed by atoms with van der Waals surface area (Å²) in [6.45, 7) is 6.78. The Morgan fingerprint density at radius 1 is 1.00 bits per heavy atom. The van der Waals surface area contributed by atoms with Crippen LogP contribution in [0.2, 0.25) is 19.6 Å². The van der Waals surface area contributed by atoms with Gasteiger partial charge in [-0.15, -0.1) is 0 Å². The smallest absolute Gasteiger partial charge is 0.184 e. The molecule has 0 saturated heterocycles. The molecule has 0 atom stereocenters. The minimum atomic E-state index is -1.28. The van der Waals surface area contributed by atoms with Gasteiger partial charge in [0.2, 0.25) is 0 Å². The maximum atomic E-state index is 5.93. The number of hydrogen-bond donors (Lipinski definition) is 0. The zero-order chi connectivity index (χ0) is 8.32. The topological polar surface area (TPSA) is 9.23 Å². The van der Waals surface area contributed by atoms with Crippen LogP contribution in [0.3, 0.4) is 0 Å². The fourth-order valence-electron chi connectivity index (χ4n) is 1.48. The average molecular weight is 171 g/mol. The molecule has 0 aromatic heterocycles. The van der Waals surface area contributed by atoms with Crippen LogP contribution in [0.15, 0.2) is 0 Å². The van der Waals surface area contributed by atoms with Gasteiger partial charge in [-0.3, -0.25) is 0 Å². The molecule has 0 heterocycles. The van der Waals surface area contributed by atoms with Crippen molar-refractivity contribution in [1.29, 1.82) is 0 Å². The van der Waals surface area contributed by atoms with Gasteiger partial charge in [0, 0.05) is 0 Å². The van der Waals surface area contributed by atoms with E-state index in [2.05, 4.69) is 19.6 Å². The van der Waals surface area contributed by atoms with Crippen molar-refractivity contribution in [3.63, 3.8) is 0 Å². The van der Waals surface area contributed by atoms with E-state index in [9.17, 15) is 0 Å². The summed E-state index contributed by atoms with van der Waals surface area (Å²) in [5, 5.41) is 0. The van der Waals surface area contributed by atoms with Crippen molar-refractivity contribution in [2.24, 2.45) is 0 Å². The quantitative estimate of drug-likeness (QED) is 0.579. The SMILES string of the molecule is C[Si](C)(C)O[C]1CCCCC1. The van der Waals surface area contributed by atoms with Gasteiger partial charge >= 0.3 is 0 Å². The van der Waals surface area contributed by atoms with E-state index < -0.39 is 8.32 Å². The summed E-state index contributed by atoms with van der Waals surface area (Å²) in [7, 11) is -1.28. The summed E-state index contributed by atoms with van der Waals surface area (Å²) < 4.78 is 5.93. The first-order chi connectivity index (χ1) is 5.08. The van der Waals surface area contributed by atoms with E-state index in [1.165, 1.54) is 38.2 Å². The first-order valence-electron chi connectivity index (χ1n) is 4.62. The Bertz CT molecular complexity index is 111. The Labute approximate surface area is 71.3 Å². The van der Waals surface area contributed by atoms with Gasteiger partial charge in [-0.2, -0.15) is 0 Å². The predicted octanol–water partition coefficient (Wildman–Crippen LogP) is 3.33. The largest absolute Gasteiger partial charge is 0.409 e. The van der Waals surface area contributed by atoms with Crippen LogP contribution >= 0.6 is 0 Å². The highest BCUT2D eigenvalue weighted by Gasteiger charge is 2.23. The second-order valence-electron chi connectivity index (χ2n) is 4.31. The van der Waals surface area contributed by atoms with Crippen molar-refractivity contribution >= 4 is 8.32 Å². The molecule has 1 fully saturated rings. The van der Waals surface area contributed by atoms with Crippen molar-refractivity contribution in [3.05, 3.63) is 6.10 Å². The van der Waals surface area contributed by atoms with Gasteiger partial charge in [0.15, 0.2) is 8.32 Å². The third-order valence-electron chi connectivity index (χ3n) is 1.86. The van der Waals surface area contributed by atoms with Crippen molar-refractivity contribution < 1.29 is 4.43 Å². The van der Waals surface area contributed by atoms with E-state index in [1.807, 2.05) is 0 Å². The Kier molecular flexibility index (Phi) is 3.13. The van der Waals surface area contributed by atoms with Crippen molar-refractivity contribution in [2.75, 3.05) is 0 Å². The van der Waals surface area contributed by atoms with Crippen molar-refractivity contribution in [3.8, 4) is 0 Å². The molecule has 1 rings (SSSR count). The molecule has 0 aromatic carbocycles. The van der Waals surface area contributed by atoms with E-state index in [1.54, 1.807) is 0 Å². The lowest BCUT2D eigenvalue weighted by molar-refractivity contribution is 0.254. The summed E-state index contributed by atoms with van der Waals surface area (Å²) in [6, 6.07) is 0. The molecule has 0 aliphatic heterocycles. The molecule has 1 aliphatic carbocycles. The highest BCUT2D eigenvalue weighted by molar-refractivity contribution is 6.69. The summed E-state index contributed by atoms with van der Waals surface area (Å²) in [5.41, 5.74) is 0. The Balaban J connectivity index is 2.24. The molecule has 1 nitrogen and oxygen atoms in total. The summed E-state index contributed by atoms with van der Waals surface area (Å²) in [5.74, 6) is 0. The zero-order valence-corrected chi connectivity index (χ0v) is 8.94. The van der Waals surface area contributed by atoms with Crippen LogP contribution < -0.4 is 0 Å². The third kappa shape index (κ3) is 3.92. The van der Waals surface area contributed by atoms with Crippen LogP contribution in [-0.2, 0) is 4.43 Å². The molecule has 11 heavy (non-hydrogen) atoms. The van der Waals surface area contributed by atoms with E-state index in [-0.39, 0.29) is 0 Å². The molecule has 1 aliphatic rings. The highest BCUT2D eigenvalue weighted by atomic mass is 28.4. The van der Waals surface area contributed by atoms with E-state index >= 15 is 0 Å². The van der Waals surface area contributed by atoms with Crippen molar-refractivity contribution in [1.82, 2.24) is 0 Å². The molecular weight excluding hydrogens is 152 g/mol. The minimum Gasteiger partial charge on any atom is -0.409 e. The van der Waals surface area contributed by atoms with Gasteiger partial charge in [0.1, 0.15) is 0 Å². The molecule has 1 radical (unpaired) electrons. The molecule has 2 heteroatoms. The van der Waals surface area contributed by atoms with Crippen LogP contribution in [0.4, 0.5) is 0 Å². The summed E-state index contributed by atoms with van der Waals surface area (Å²) in [6.07, 6.45) is 7.93. The molecular formula is C9H19OSi. The normalized spacial score (nSPS) is 22.1. The van der Waals surface area contributed by atoms with Gasteiger partial charge in [-0.05, 0) is 32.5 Å². The van der Waals surface area contributed by atoms with Crippen LogP contribution in [0.25, 0.3) is 0 Å². The monoisotopic (exact) mass is 171 g/mol. The molecule has 1 saturated carbocycles. The maximum absolute atomic E-state index is 5.93. The van der Waals surface area contributed by atoms with Gasteiger partial charge in [-0.25, -0.2) is 0 Å². The molecule has 0 amide bonds. The van der Waals surface area contributed by atoms with Crippen LogP contribution in [0.5, 0.6) is 0 Å². The van der Waals surface area contributed by atoms with Crippen LogP contribution in [-0.4, -0.2) is 8.32 Å². The van der Waals surface area contributed by atoms with E-state index in [0.717, 1.165) is 0 Å². The zero-order valence-electron chi connectivity index (χ0n) is 7.94. The van der Waals surface area contributed by atoms with Gasteiger partial charge in [0.05, 0.1) is 6.10 Å². The predicted molar refractivity (Wildman–Crippen MR) is 50.8 cm³/mol. The lowest BCUT2D eigenvalue weighted by Gasteiger charge is -2.28. The number of hydrogen-bond acceptors (Lipinski definition) is 1. The third-order valence-corrected chi connectivity index (χ3v) is 2.76. The molecule has 0 aromatic rings. The standard InChI is InChI=1S/C9H19OSi/c1-11(2,3)10-9-7-5-4-6-8-9/h4-8H2,1-3H3. The Morgan fingerprint density at radius 2 is 1.55 bits per heavy atom. The second-order valence-corrected chi connectivity index (χ2v) is 8.74. The first-order valence-corrected chi connectivity index (χ1v) is 8.02. The van der Waals surface area contributed by atoms with E-state index in [4.69, 9.17) is 4.43 Å². The summed E-state index contributed by atoms with van der Waals surface area (Å²) >= 11 is 0. The van der Waals surface area contributed by atoms with Gasteiger partial charge in [0.25, 0.3) is 0 Å². The summed E-state index contributed by atoms with van der Waals surface area (Å²) in [4.78, 5) is 0. The average Bonchev–Trinajstić information content (AvgIpc) is 1.85. The molecule has 0 N–H and O–H groups in total. The number of rotatable bonds is 2. The van der Waals surface area contributed by atoms with E-state index in [0.29, 0.717) is 0 Å². The fraction of sp³-hybridized carbons (Fsp3) is 0.889. The van der Waals surface area contributed by atoms with Crippen LogP contribution in [0, 0.1) is 6.10 Å². The molecule has 0 spiro atoms. The lowest BCUT2D eigenvalue weighted by Crippen LogP contribution is -2.28. The Morgan fingerprint density at radius 3 is 2.00 bits per heavy atom. The minimum absolute atomic E-state index is 1.23. The van der Waals surface area contributed by atoms with Crippen molar-refractivity contribution in [2.45, 2.75) is 51.7 Å². The highest BCUT2D eigenvalue weighted by Crippen LogP contribution is 2.29. The Hall–Kier alpha value is 0.177.